The van der Waals surface area contributed by atoms with Crippen molar-refractivity contribution < 1.29 is 14.3 Å². The van der Waals surface area contributed by atoms with Crippen LogP contribution in [0.2, 0.25) is 0 Å². The van der Waals surface area contributed by atoms with E-state index in [4.69, 9.17) is 10.5 Å². The molecule has 0 saturated carbocycles. The van der Waals surface area contributed by atoms with Crippen molar-refractivity contribution >= 4 is 17.8 Å². The maximum atomic E-state index is 13.0. The van der Waals surface area contributed by atoms with E-state index in [-0.39, 0.29) is 36.3 Å². The molecule has 2 aromatic carbocycles. The van der Waals surface area contributed by atoms with Gasteiger partial charge in [-0.15, -0.1) is 0 Å². The third-order valence-electron chi connectivity index (χ3n) is 6.49. The van der Waals surface area contributed by atoms with E-state index in [2.05, 4.69) is 10.3 Å². The molecule has 0 aromatic heterocycles. The number of amides is 2. The number of carbonyl (C=O) groups is 2. The average molecular weight is 435 g/mol. The maximum absolute atomic E-state index is 13.0. The average Bonchev–Trinajstić information content (AvgIpc) is 2.76. The Morgan fingerprint density at radius 2 is 2.06 bits per heavy atom. The predicted molar refractivity (Wildman–Crippen MR) is 123 cm³/mol. The fourth-order valence-corrected chi connectivity index (χ4v) is 4.12. The van der Waals surface area contributed by atoms with Gasteiger partial charge in [-0.25, -0.2) is 4.99 Å². The first kappa shape index (κ1) is 21.9. The molecule has 2 aliphatic rings. The van der Waals surface area contributed by atoms with Crippen LogP contribution in [0.3, 0.4) is 0 Å². The quantitative estimate of drug-likeness (QED) is 0.754. The first-order chi connectivity index (χ1) is 15.3. The summed E-state index contributed by atoms with van der Waals surface area (Å²) in [4.78, 5) is 31.9. The molecule has 2 heterocycles. The summed E-state index contributed by atoms with van der Waals surface area (Å²) in [7, 11) is 0. The third-order valence-corrected chi connectivity index (χ3v) is 6.49. The van der Waals surface area contributed by atoms with Gasteiger partial charge in [0.25, 0.3) is 5.91 Å². The smallest absolute Gasteiger partial charge is 0.251 e. The minimum Gasteiger partial charge on any atom is -0.493 e. The van der Waals surface area contributed by atoms with Gasteiger partial charge in [-0.1, -0.05) is 44.2 Å². The second kappa shape index (κ2) is 8.65. The molecule has 0 aliphatic carbocycles. The van der Waals surface area contributed by atoms with E-state index in [0.29, 0.717) is 25.0 Å². The van der Waals surface area contributed by atoms with Crippen LogP contribution >= 0.6 is 0 Å². The Hall–Kier alpha value is -3.35. The van der Waals surface area contributed by atoms with Gasteiger partial charge in [0.15, 0.2) is 5.96 Å². The van der Waals surface area contributed by atoms with Crippen molar-refractivity contribution in [2.24, 2.45) is 16.6 Å². The number of aliphatic imine (C=N–C) groups is 1. The number of ether oxygens (including phenoxy) is 1. The summed E-state index contributed by atoms with van der Waals surface area (Å²) in [5.74, 6) is 1.03. The van der Waals surface area contributed by atoms with E-state index in [0.717, 1.165) is 16.9 Å². The standard InChI is InChI=1S/C25H30N4O3/c1-16(2)25(3)14-22(30)29(24(26)28-25)15-17-7-6-8-18(13-17)23(31)27-20-11-12-32-21-10-5-4-9-19(20)21/h4-10,13,16,20H,11-12,14-15H2,1-3H3,(H2,26,28)(H,27,31)/t20?,25-/m0/s1. The molecule has 0 bridgehead atoms. The highest BCUT2D eigenvalue weighted by Crippen LogP contribution is 2.32. The molecule has 2 atom stereocenters. The Kier molecular flexibility index (Phi) is 5.91. The van der Waals surface area contributed by atoms with Gasteiger partial charge in [0.05, 0.1) is 31.2 Å². The molecule has 0 spiro atoms. The van der Waals surface area contributed by atoms with Crippen molar-refractivity contribution in [2.75, 3.05) is 6.61 Å². The van der Waals surface area contributed by atoms with Gasteiger partial charge in [0, 0.05) is 17.5 Å². The van der Waals surface area contributed by atoms with Crippen LogP contribution in [0.5, 0.6) is 5.75 Å². The fraction of sp³-hybridized carbons (Fsp3) is 0.400. The highest BCUT2D eigenvalue weighted by Gasteiger charge is 2.38. The van der Waals surface area contributed by atoms with Crippen LogP contribution in [0.25, 0.3) is 0 Å². The molecule has 3 N–H and O–H groups in total. The Bertz CT molecular complexity index is 1060. The van der Waals surface area contributed by atoms with Crippen molar-refractivity contribution in [3.05, 3.63) is 65.2 Å². The number of para-hydroxylation sites is 1. The molecule has 2 aromatic rings. The normalized spacial score (nSPS) is 22.8. The summed E-state index contributed by atoms with van der Waals surface area (Å²) >= 11 is 0. The molecule has 0 radical (unpaired) electrons. The number of carbonyl (C=O) groups excluding carboxylic acids is 2. The van der Waals surface area contributed by atoms with Gasteiger partial charge in [-0.3, -0.25) is 14.5 Å². The molecular weight excluding hydrogens is 404 g/mol. The first-order valence-corrected chi connectivity index (χ1v) is 11.0. The van der Waals surface area contributed by atoms with Gasteiger partial charge < -0.3 is 15.8 Å². The van der Waals surface area contributed by atoms with Crippen molar-refractivity contribution in [2.45, 2.75) is 51.7 Å². The zero-order valence-corrected chi connectivity index (χ0v) is 18.8. The lowest BCUT2D eigenvalue weighted by atomic mass is 9.84. The molecule has 7 heteroatoms. The molecule has 7 nitrogen and oxygen atoms in total. The van der Waals surface area contributed by atoms with Crippen LogP contribution < -0.4 is 15.8 Å². The number of fused-ring (bicyclic) bond motifs is 1. The molecule has 2 aliphatic heterocycles. The minimum absolute atomic E-state index is 0.0534. The maximum Gasteiger partial charge on any atom is 0.251 e. The number of nitrogens with two attached hydrogens (primary N) is 1. The SMILES string of the molecule is CC(C)[C@]1(C)CC(=O)N(Cc2cccc(C(=O)NC3CCOc4ccccc43)c2)C(N)=N1. The van der Waals surface area contributed by atoms with Crippen molar-refractivity contribution in [3.63, 3.8) is 0 Å². The number of benzene rings is 2. The van der Waals surface area contributed by atoms with Crippen LogP contribution in [0.1, 0.15) is 61.1 Å². The van der Waals surface area contributed by atoms with E-state index in [1.54, 1.807) is 12.1 Å². The Labute approximate surface area is 188 Å². The molecule has 1 unspecified atom stereocenters. The van der Waals surface area contributed by atoms with Gasteiger partial charge in [-0.2, -0.15) is 0 Å². The largest absolute Gasteiger partial charge is 0.493 e. The van der Waals surface area contributed by atoms with Gasteiger partial charge >= 0.3 is 0 Å². The number of guanidine groups is 1. The first-order valence-electron chi connectivity index (χ1n) is 11.0. The lowest BCUT2D eigenvalue weighted by Gasteiger charge is -2.37. The summed E-state index contributed by atoms with van der Waals surface area (Å²) in [5, 5.41) is 3.12. The Morgan fingerprint density at radius 3 is 2.81 bits per heavy atom. The van der Waals surface area contributed by atoms with Crippen molar-refractivity contribution in [1.29, 1.82) is 0 Å². The summed E-state index contributed by atoms with van der Waals surface area (Å²) in [6, 6.07) is 14.9. The van der Waals surface area contributed by atoms with E-state index >= 15 is 0 Å². The lowest BCUT2D eigenvalue weighted by Crippen LogP contribution is -2.51. The van der Waals surface area contributed by atoms with E-state index in [1.807, 2.05) is 57.2 Å². The van der Waals surface area contributed by atoms with Crippen LogP contribution in [-0.4, -0.2) is 34.8 Å². The van der Waals surface area contributed by atoms with Gasteiger partial charge in [-0.05, 0) is 36.6 Å². The predicted octanol–water partition coefficient (Wildman–Crippen LogP) is 3.40. The topological polar surface area (TPSA) is 97.0 Å². The molecule has 168 valence electrons. The van der Waals surface area contributed by atoms with E-state index in [1.165, 1.54) is 4.90 Å². The monoisotopic (exact) mass is 434 g/mol. The van der Waals surface area contributed by atoms with E-state index in [9.17, 15) is 9.59 Å². The molecule has 0 fully saturated rings. The van der Waals surface area contributed by atoms with Crippen LogP contribution in [0, 0.1) is 5.92 Å². The zero-order valence-electron chi connectivity index (χ0n) is 18.8. The second-order valence-electron chi connectivity index (χ2n) is 9.04. The lowest BCUT2D eigenvalue weighted by molar-refractivity contribution is -0.130. The Morgan fingerprint density at radius 1 is 1.28 bits per heavy atom. The highest BCUT2D eigenvalue weighted by molar-refractivity contribution is 5.99. The molecule has 32 heavy (non-hydrogen) atoms. The number of nitrogens with zero attached hydrogens (tertiary/aromatic N) is 2. The van der Waals surface area contributed by atoms with Crippen molar-refractivity contribution in [1.82, 2.24) is 10.2 Å². The zero-order chi connectivity index (χ0) is 22.9. The fourth-order valence-electron chi connectivity index (χ4n) is 4.12. The van der Waals surface area contributed by atoms with Crippen LogP contribution in [0.15, 0.2) is 53.5 Å². The molecule has 0 saturated heterocycles. The molecule has 2 amide bonds. The summed E-state index contributed by atoms with van der Waals surface area (Å²) in [6.07, 6.45) is 1.03. The van der Waals surface area contributed by atoms with Crippen LogP contribution in [0.4, 0.5) is 0 Å². The summed E-state index contributed by atoms with van der Waals surface area (Å²) in [5.41, 5.74) is 8.02. The van der Waals surface area contributed by atoms with E-state index < -0.39 is 5.54 Å². The highest BCUT2D eigenvalue weighted by atomic mass is 16.5. The number of nitrogens with one attached hydrogen (secondary N) is 1. The summed E-state index contributed by atoms with van der Waals surface area (Å²) in [6.45, 7) is 6.88. The number of hydrogen-bond acceptors (Lipinski definition) is 5. The molecule has 4 rings (SSSR count). The number of rotatable bonds is 5. The van der Waals surface area contributed by atoms with Crippen molar-refractivity contribution in [3.8, 4) is 5.75 Å². The summed E-state index contributed by atoms with van der Waals surface area (Å²) < 4.78 is 5.68. The van der Waals surface area contributed by atoms with Gasteiger partial charge in [0.1, 0.15) is 5.75 Å². The molecular formula is C25H30N4O3. The third kappa shape index (κ3) is 4.33. The second-order valence-corrected chi connectivity index (χ2v) is 9.04. The minimum atomic E-state index is -0.487. The number of hydrogen-bond donors (Lipinski definition) is 2. The Balaban J connectivity index is 1.49. The van der Waals surface area contributed by atoms with Gasteiger partial charge in [0.2, 0.25) is 5.91 Å². The van der Waals surface area contributed by atoms with Crippen LogP contribution in [-0.2, 0) is 11.3 Å².